The highest BCUT2D eigenvalue weighted by Gasteiger charge is 2.15. The Morgan fingerprint density at radius 2 is 2.00 bits per heavy atom. The molecule has 25 heavy (non-hydrogen) atoms. The number of nitrogens with zero attached hydrogens (tertiary/aromatic N) is 3. The molecule has 0 fully saturated rings. The van der Waals surface area contributed by atoms with E-state index in [1.54, 1.807) is 6.20 Å². The molecular formula is C19H23N5O. The van der Waals surface area contributed by atoms with Gasteiger partial charge < -0.3 is 11.1 Å². The molecule has 1 amide bonds. The maximum atomic E-state index is 12.5. The highest BCUT2D eigenvalue weighted by molar-refractivity contribution is 5.98. The molecule has 0 aliphatic carbocycles. The first-order valence-corrected chi connectivity index (χ1v) is 8.43. The Labute approximate surface area is 147 Å². The highest BCUT2D eigenvalue weighted by Crippen LogP contribution is 2.19. The first-order chi connectivity index (χ1) is 12.0. The zero-order valence-electron chi connectivity index (χ0n) is 14.8. The molecule has 0 radical (unpaired) electrons. The lowest BCUT2D eigenvalue weighted by Gasteiger charge is -2.10. The fraction of sp³-hybridized carbons (Fsp3) is 0.316. The number of amides is 1. The summed E-state index contributed by atoms with van der Waals surface area (Å²) in [6.07, 6.45) is 2.51. The number of nitrogen functional groups attached to an aromatic ring is 1. The number of aromatic nitrogens is 3. The van der Waals surface area contributed by atoms with Crippen LogP contribution in [0, 0.1) is 6.92 Å². The van der Waals surface area contributed by atoms with Crippen molar-refractivity contribution in [3.8, 4) is 0 Å². The van der Waals surface area contributed by atoms with E-state index in [1.165, 1.54) is 0 Å². The second-order valence-corrected chi connectivity index (χ2v) is 6.46. The van der Waals surface area contributed by atoms with Crippen LogP contribution in [0.4, 0.5) is 5.69 Å². The average Bonchev–Trinajstić information content (AvgIpc) is 2.98. The van der Waals surface area contributed by atoms with Crippen molar-refractivity contribution < 1.29 is 4.79 Å². The minimum absolute atomic E-state index is 0.111. The summed E-state index contributed by atoms with van der Waals surface area (Å²) < 4.78 is 1.87. The van der Waals surface area contributed by atoms with Gasteiger partial charge in [0.05, 0.1) is 17.5 Å². The van der Waals surface area contributed by atoms with Crippen molar-refractivity contribution in [3.05, 3.63) is 53.3 Å². The topological polar surface area (TPSA) is 85.8 Å². The fourth-order valence-electron chi connectivity index (χ4n) is 2.77. The van der Waals surface area contributed by atoms with Crippen molar-refractivity contribution in [1.29, 1.82) is 0 Å². The van der Waals surface area contributed by atoms with E-state index in [9.17, 15) is 4.79 Å². The van der Waals surface area contributed by atoms with Crippen molar-refractivity contribution in [1.82, 2.24) is 20.1 Å². The summed E-state index contributed by atoms with van der Waals surface area (Å²) in [5, 5.41) is 8.20. The van der Waals surface area contributed by atoms with Crippen molar-refractivity contribution >= 4 is 22.6 Å². The minimum atomic E-state index is -0.111. The Morgan fingerprint density at radius 1 is 1.28 bits per heavy atom. The molecule has 0 saturated heterocycles. The van der Waals surface area contributed by atoms with E-state index in [2.05, 4.69) is 29.2 Å². The Bertz CT molecular complexity index is 896. The number of aryl methyl sites for hydroxylation is 1. The van der Waals surface area contributed by atoms with Crippen LogP contribution in [0.25, 0.3) is 11.0 Å². The molecule has 2 aromatic heterocycles. The van der Waals surface area contributed by atoms with Crippen molar-refractivity contribution in [2.24, 2.45) is 0 Å². The van der Waals surface area contributed by atoms with Crippen LogP contribution in [0.3, 0.4) is 0 Å². The SMILES string of the molecule is Cc1nc2c(cnn2C(C)C)cc1C(=O)NCCc1ccc(N)cc1. The van der Waals surface area contributed by atoms with Crippen LogP contribution in [0.15, 0.2) is 36.5 Å². The Morgan fingerprint density at radius 3 is 2.68 bits per heavy atom. The number of pyridine rings is 1. The largest absolute Gasteiger partial charge is 0.399 e. The maximum Gasteiger partial charge on any atom is 0.253 e. The molecule has 3 rings (SSSR count). The molecule has 3 aromatic rings. The summed E-state index contributed by atoms with van der Waals surface area (Å²) in [5.41, 5.74) is 9.67. The summed E-state index contributed by atoms with van der Waals surface area (Å²) in [7, 11) is 0. The smallest absolute Gasteiger partial charge is 0.253 e. The van der Waals surface area contributed by atoms with Gasteiger partial charge in [-0.3, -0.25) is 4.79 Å². The summed E-state index contributed by atoms with van der Waals surface area (Å²) >= 11 is 0. The number of anilines is 1. The van der Waals surface area contributed by atoms with Gasteiger partial charge in [0.25, 0.3) is 5.91 Å². The van der Waals surface area contributed by atoms with E-state index < -0.39 is 0 Å². The van der Waals surface area contributed by atoms with Gasteiger partial charge in [-0.25, -0.2) is 9.67 Å². The van der Waals surface area contributed by atoms with E-state index in [0.29, 0.717) is 17.8 Å². The fourth-order valence-corrected chi connectivity index (χ4v) is 2.77. The number of benzene rings is 1. The molecule has 130 valence electrons. The van der Waals surface area contributed by atoms with Crippen LogP contribution >= 0.6 is 0 Å². The molecule has 0 aliphatic rings. The molecule has 2 heterocycles. The molecular weight excluding hydrogens is 314 g/mol. The highest BCUT2D eigenvalue weighted by atomic mass is 16.1. The van der Waals surface area contributed by atoms with Crippen LogP contribution in [0.5, 0.6) is 0 Å². The number of rotatable bonds is 5. The van der Waals surface area contributed by atoms with Gasteiger partial charge in [-0.1, -0.05) is 12.1 Å². The molecule has 3 N–H and O–H groups in total. The van der Waals surface area contributed by atoms with Crippen LogP contribution in [-0.4, -0.2) is 27.2 Å². The van der Waals surface area contributed by atoms with E-state index in [-0.39, 0.29) is 11.9 Å². The van der Waals surface area contributed by atoms with E-state index >= 15 is 0 Å². The molecule has 1 aromatic carbocycles. The number of hydrogen-bond donors (Lipinski definition) is 2. The minimum Gasteiger partial charge on any atom is -0.399 e. The number of nitrogens with two attached hydrogens (primary N) is 1. The zero-order chi connectivity index (χ0) is 18.0. The van der Waals surface area contributed by atoms with Gasteiger partial charge in [-0.2, -0.15) is 5.10 Å². The third-order valence-electron chi connectivity index (χ3n) is 4.17. The van der Waals surface area contributed by atoms with E-state index in [4.69, 9.17) is 5.73 Å². The lowest BCUT2D eigenvalue weighted by Crippen LogP contribution is -2.26. The molecule has 0 aliphatic heterocycles. The summed E-state index contributed by atoms with van der Waals surface area (Å²) in [6.45, 7) is 6.53. The number of carbonyl (C=O) groups is 1. The van der Waals surface area contributed by atoms with Gasteiger partial charge in [-0.15, -0.1) is 0 Å². The van der Waals surface area contributed by atoms with Crippen LogP contribution < -0.4 is 11.1 Å². The first-order valence-electron chi connectivity index (χ1n) is 8.43. The number of hydrogen-bond acceptors (Lipinski definition) is 4. The van der Waals surface area contributed by atoms with Crippen LogP contribution in [0.2, 0.25) is 0 Å². The lowest BCUT2D eigenvalue weighted by atomic mass is 10.1. The van der Waals surface area contributed by atoms with E-state index in [0.717, 1.165) is 28.7 Å². The Balaban J connectivity index is 1.71. The van der Waals surface area contributed by atoms with Crippen LogP contribution in [0.1, 0.15) is 41.5 Å². The average molecular weight is 337 g/mol. The first kappa shape index (κ1) is 17.0. The Kier molecular flexibility index (Phi) is 4.70. The van der Waals surface area contributed by atoms with Crippen molar-refractivity contribution in [2.75, 3.05) is 12.3 Å². The number of fused-ring (bicyclic) bond motifs is 1. The maximum absolute atomic E-state index is 12.5. The summed E-state index contributed by atoms with van der Waals surface area (Å²) in [5.74, 6) is -0.111. The van der Waals surface area contributed by atoms with Gasteiger partial charge in [0.15, 0.2) is 5.65 Å². The normalized spacial score (nSPS) is 11.2. The number of nitrogens with one attached hydrogen (secondary N) is 1. The molecule has 6 nitrogen and oxygen atoms in total. The molecule has 6 heteroatoms. The third-order valence-corrected chi connectivity index (χ3v) is 4.17. The summed E-state index contributed by atoms with van der Waals surface area (Å²) in [6, 6.07) is 9.77. The third kappa shape index (κ3) is 3.63. The standard InChI is InChI=1S/C19H23N5O/c1-12(2)24-18-15(11-22-24)10-17(13(3)23-18)19(25)21-9-8-14-4-6-16(20)7-5-14/h4-7,10-12H,8-9,20H2,1-3H3,(H,21,25). The quantitative estimate of drug-likeness (QED) is 0.701. The predicted octanol–water partition coefficient (Wildman–Crippen LogP) is 2.88. The van der Waals surface area contributed by atoms with Crippen molar-refractivity contribution in [3.63, 3.8) is 0 Å². The Hall–Kier alpha value is -2.89. The molecule has 0 atom stereocenters. The van der Waals surface area contributed by atoms with Crippen molar-refractivity contribution in [2.45, 2.75) is 33.2 Å². The van der Waals surface area contributed by atoms with Gasteiger partial charge in [-0.05, 0) is 51.0 Å². The van der Waals surface area contributed by atoms with Gasteiger partial charge in [0.1, 0.15) is 0 Å². The number of carbonyl (C=O) groups excluding carboxylic acids is 1. The van der Waals surface area contributed by atoms with Gasteiger partial charge >= 0.3 is 0 Å². The van der Waals surface area contributed by atoms with Gasteiger partial charge in [0.2, 0.25) is 0 Å². The molecule has 0 saturated carbocycles. The van der Waals surface area contributed by atoms with Gasteiger partial charge in [0, 0.05) is 23.7 Å². The monoisotopic (exact) mass is 337 g/mol. The molecule has 0 spiro atoms. The van der Waals surface area contributed by atoms with Crippen LogP contribution in [-0.2, 0) is 6.42 Å². The summed E-state index contributed by atoms with van der Waals surface area (Å²) in [4.78, 5) is 17.1. The zero-order valence-corrected chi connectivity index (χ0v) is 14.8. The predicted molar refractivity (Wildman–Crippen MR) is 99.5 cm³/mol. The molecule has 0 bridgehead atoms. The second kappa shape index (κ2) is 6.93. The lowest BCUT2D eigenvalue weighted by molar-refractivity contribution is 0.0953. The van der Waals surface area contributed by atoms with E-state index in [1.807, 2.05) is 41.9 Å². The second-order valence-electron chi connectivity index (χ2n) is 6.46. The molecule has 0 unspecified atom stereocenters.